The van der Waals surface area contributed by atoms with Crippen LogP contribution in [0.3, 0.4) is 0 Å². The Balaban J connectivity index is 2.84. The SMILES string of the molecule is CN1CCN(C(=O)NC(C)(C)C)C(C)(C)C1=O. The molecule has 1 aliphatic heterocycles. The van der Waals surface area contributed by atoms with Gasteiger partial charge in [0.1, 0.15) is 5.54 Å². The van der Waals surface area contributed by atoms with Crippen molar-refractivity contribution in [2.75, 3.05) is 20.1 Å². The Kier molecular flexibility index (Phi) is 3.41. The summed E-state index contributed by atoms with van der Waals surface area (Å²) in [6, 6.07) is -0.177. The molecule has 1 saturated heterocycles. The van der Waals surface area contributed by atoms with Gasteiger partial charge in [0.2, 0.25) is 5.91 Å². The molecule has 0 spiro atoms. The zero-order valence-corrected chi connectivity index (χ0v) is 11.6. The van der Waals surface area contributed by atoms with Crippen LogP contribution in [-0.2, 0) is 4.79 Å². The molecule has 0 aromatic heterocycles. The molecule has 0 unspecified atom stereocenters. The van der Waals surface area contributed by atoms with E-state index < -0.39 is 5.54 Å². The van der Waals surface area contributed by atoms with E-state index in [0.29, 0.717) is 13.1 Å². The molecule has 1 heterocycles. The summed E-state index contributed by atoms with van der Waals surface area (Å²) in [6.07, 6.45) is 0. The maximum Gasteiger partial charge on any atom is 0.318 e. The summed E-state index contributed by atoms with van der Waals surface area (Å²) in [5, 5.41) is 2.90. The molecule has 0 aromatic rings. The fourth-order valence-electron chi connectivity index (χ4n) is 1.96. The van der Waals surface area contributed by atoms with Gasteiger partial charge in [-0.1, -0.05) is 0 Å². The van der Waals surface area contributed by atoms with E-state index in [0.717, 1.165) is 0 Å². The van der Waals surface area contributed by atoms with Crippen LogP contribution in [0, 0.1) is 0 Å². The molecule has 5 heteroatoms. The van der Waals surface area contributed by atoms with Crippen molar-refractivity contribution in [2.24, 2.45) is 0 Å². The summed E-state index contributed by atoms with van der Waals surface area (Å²) < 4.78 is 0. The molecule has 1 N–H and O–H groups in total. The van der Waals surface area contributed by atoms with Crippen molar-refractivity contribution in [2.45, 2.75) is 45.7 Å². The molecule has 5 nitrogen and oxygen atoms in total. The Morgan fingerprint density at radius 3 is 2.29 bits per heavy atom. The summed E-state index contributed by atoms with van der Waals surface area (Å²) >= 11 is 0. The second-order valence-electron chi connectivity index (χ2n) is 6.12. The van der Waals surface area contributed by atoms with Crippen molar-refractivity contribution in [1.82, 2.24) is 15.1 Å². The lowest BCUT2D eigenvalue weighted by Crippen LogP contribution is -2.66. The van der Waals surface area contributed by atoms with Gasteiger partial charge in [-0.15, -0.1) is 0 Å². The van der Waals surface area contributed by atoms with Crippen LogP contribution in [-0.4, -0.2) is 53.0 Å². The van der Waals surface area contributed by atoms with E-state index in [1.54, 1.807) is 30.7 Å². The van der Waals surface area contributed by atoms with Crippen LogP contribution >= 0.6 is 0 Å². The van der Waals surface area contributed by atoms with Crippen molar-refractivity contribution in [3.63, 3.8) is 0 Å². The number of amides is 3. The van der Waals surface area contributed by atoms with Gasteiger partial charge in [-0.3, -0.25) is 4.79 Å². The van der Waals surface area contributed by atoms with Gasteiger partial charge < -0.3 is 15.1 Å². The number of piperazine rings is 1. The monoisotopic (exact) mass is 241 g/mol. The number of likely N-dealkylation sites (N-methyl/N-ethyl adjacent to an activating group) is 1. The van der Waals surface area contributed by atoms with Crippen LogP contribution in [0.5, 0.6) is 0 Å². The Labute approximate surface area is 103 Å². The highest BCUT2D eigenvalue weighted by molar-refractivity contribution is 5.91. The van der Waals surface area contributed by atoms with Crippen LogP contribution in [0.1, 0.15) is 34.6 Å². The number of rotatable bonds is 0. The van der Waals surface area contributed by atoms with Gasteiger partial charge in [-0.25, -0.2) is 4.79 Å². The molecule has 0 saturated carbocycles. The van der Waals surface area contributed by atoms with Crippen molar-refractivity contribution in [3.8, 4) is 0 Å². The normalized spacial score (nSPS) is 20.5. The Hall–Kier alpha value is -1.26. The fourth-order valence-corrected chi connectivity index (χ4v) is 1.96. The number of urea groups is 1. The van der Waals surface area contributed by atoms with Crippen LogP contribution in [0.2, 0.25) is 0 Å². The summed E-state index contributed by atoms with van der Waals surface area (Å²) in [5.41, 5.74) is -1.07. The quantitative estimate of drug-likeness (QED) is 0.689. The molecule has 1 fully saturated rings. The van der Waals surface area contributed by atoms with Crippen LogP contribution in [0.15, 0.2) is 0 Å². The van der Waals surface area contributed by atoms with Gasteiger partial charge in [-0.05, 0) is 34.6 Å². The molecule has 1 aliphatic rings. The predicted molar refractivity (Wildman–Crippen MR) is 66.7 cm³/mol. The highest BCUT2D eigenvalue weighted by Crippen LogP contribution is 2.22. The van der Waals surface area contributed by atoms with Crippen LogP contribution in [0.4, 0.5) is 4.79 Å². The third-order valence-corrected chi connectivity index (χ3v) is 2.93. The van der Waals surface area contributed by atoms with Gasteiger partial charge >= 0.3 is 6.03 Å². The van der Waals surface area contributed by atoms with E-state index >= 15 is 0 Å². The topological polar surface area (TPSA) is 52.6 Å². The van der Waals surface area contributed by atoms with E-state index in [1.165, 1.54) is 0 Å². The Morgan fingerprint density at radius 1 is 1.29 bits per heavy atom. The van der Waals surface area contributed by atoms with Gasteiger partial charge in [-0.2, -0.15) is 0 Å². The molecule has 0 bridgehead atoms. The fraction of sp³-hybridized carbons (Fsp3) is 0.833. The molecular formula is C12H23N3O2. The average Bonchev–Trinajstić information content (AvgIpc) is 2.11. The van der Waals surface area contributed by atoms with E-state index in [4.69, 9.17) is 0 Å². The number of carbonyl (C=O) groups excluding carboxylic acids is 2. The summed E-state index contributed by atoms with van der Waals surface area (Å²) in [4.78, 5) is 27.4. The maximum absolute atomic E-state index is 12.1. The lowest BCUT2D eigenvalue weighted by atomic mass is 9.98. The van der Waals surface area contributed by atoms with Gasteiger partial charge in [0.05, 0.1) is 0 Å². The number of nitrogens with zero attached hydrogens (tertiary/aromatic N) is 2. The molecule has 1 rings (SSSR count). The molecule has 3 amide bonds. The second-order valence-corrected chi connectivity index (χ2v) is 6.12. The number of hydrogen-bond donors (Lipinski definition) is 1. The molecule has 0 aromatic carbocycles. The third-order valence-electron chi connectivity index (χ3n) is 2.93. The minimum atomic E-state index is -0.775. The van der Waals surface area contributed by atoms with Gasteiger partial charge in [0, 0.05) is 25.7 Å². The van der Waals surface area contributed by atoms with Crippen molar-refractivity contribution >= 4 is 11.9 Å². The highest BCUT2D eigenvalue weighted by atomic mass is 16.2. The zero-order valence-electron chi connectivity index (χ0n) is 11.6. The minimum absolute atomic E-state index is 0.0205. The third kappa shape index (κ3) is 2.90. The summed E-state index contributed by atoms with van der Waals surface area (Å²) in [5.74, 6) is -0.0205. The average molecular weight is 241 g/mol. The van der Waals surface area contributed by atoms with E-state index in [2.05, 4.69) is 5.32 Å². The Morgan fingerprint density at radius 2 is 1.82 bits per heavy atom. The minimum Gasteiger partial charge on any atom is -0.342 e. The maximum atomic E-state index is 12.1. The molecule has 98 valence electrons. The van der Waals surface area contributed by atoms with Gasteiger partial charge in [0.25, 0.3) is 0 Å². The molecule has 0 aliphatic carbocycles. The summed E-state index contributed by atoms with van der Waals surface area (Å²) in [6.45, 7) is 10.5. The first kappa shape index (κ1) is 13.8. The number of hydrogen-bond acceptors (Lipinski definition) is 2. The molecule has 17 heavy (non-hydrogen) atoms. The first-order valence-electron chi connectivity index (χ1n) is 5.91. The van der Waals surface area contributed by atoms with Gasteiger partial charge in [0.15, 0.2) is 0 Å². The van der Waals surface area contributed by atoms with Crippen molar-refractivity contribution < 1.29 is 9.59 Å². The number of nitrogens with one attached hydrogen (secondary N) is 1. The highest BCUT2D eigenvalue weighted by Gasteiger charge is 2.43. The second kappa shape index (κ2) is 4.20. The zero-order chi connectivity index (χ0) is 13.4. The lowest BCUT2D eigenvalue weighted by molar-refractivity contribution is -0.144. The van der Waals surface area contributed by atoms with E-state index in [-0.39, 0.29) is 17.5 Å². The van der Waals surface area contributed by atoms with Crippen molar-refractivity contribution in [3.05, 3.63) is 0 Å². The predicted octanol–water partition coefficient (Wildman–Crippen LogP) is 1.05. The van der Waals surface area contributed by atoms with E-state index in [9.17, 15) is 9.59 Å². The number of carbonyl (C=O) groups is 2. The van der Waals surface area contributed by atoms with Crippen molar-refractivity contribution in [1.29, 1.82) is 0 Å². The standard InChI is InChI=1S/C12H23N3O2/c1-11(2,3)13-10(17)15-8-7-14(6)9(16)12(15,4)5/h7-8H2,1-6H3,(H,13,17). The largest absolute Gasteiger partial charge is 0.342 e. The van der Waals surface area contributed by atoms with Crippen LogP contribution in [0.25, 0.3) is 0 Å². The summed E-state index contributed by atoms with van der Waals surface area (Å²) in [7, 11) is 1.77. The lowest BCUT2D eigenvalue weighted by Gasteiger charge is -2.45. The first-order chi connectivity index (χ1) is 7.55. The first-order valence-corrected chi connectivity index (χ1v) is 5.91. The molecular weight excluding hydrogens is 218 g/mol. The van der Waals surface area contributed by atoms with Crippen LogP contribution < -0.4 is 5.32 Å². The Bertz CT molecular complexity index is 331. The molecule has 0 atom stereocenters. The van der Waals surface area contributed by atoms with E-state index in [1.807, 2.05) is 20.8 Å². The smallest absolute Gasteiger partial charge is 0.318 e. The molecule has 0 radical (unpaired) electrons.